The van der Waals surface area contributed by atoms with E-state index in [0.29, 0.717) is 39.4 Å². The molecule has 0 bridgehead atoms. The van der Waals surface area contributed by atoms with Gasteiger partial charge in [0.15, 0.2) is 5.78 Å². The monoisotopic (exact) mass is 336 g/mol. The topological polar surface area (TPSA) is 103 Å². The minimum Gasteiger partial charge on any atom is -0.382 e. The molecule has 8 nitrogen and oxygen atoms in total. The van der Waals surface area contributed by atoms with E-state index in [1.807, 2.05) is 0 Å². The van der Waals surface area contributed by atoms with Crippen molar-refractivity contribution in [3.05, 3.63) is 0 Å². The minimum atomic E-state index is -0.174. The summed E-state index contributed by atoms with van der Waals surface area (Å²) in [6.45, 7) is 4.05. The molecule has 0 aliphatic carbocycles. The Bertz CT molecular complexity index is 359. The van der Waals surface area contributed by atoms with Crippen molar-refractivity contribution in [2.45, 2.75) is 26.2 Å². The summed E-state index contributed by atoms with van der Waals surface area (Å²) in [6, 6.07) is 0. The van der Waals surface area contributed by atoms with Crippen LogP contribution < -0.4 is 10.6 Å². The van der Waals surface area contributed by atoms with Gasteiger partial charge in [-0.15, -0.1) is 0 Å². The molecule has 0 saturated carbocycles. The molecule has 0 rings (SSSR count). The third-order valence-electron chi connectivity index (χ3n) is 2.81. The van der Waals surface area contributed by atoms with Crippen molar-refractivity contribution in [3.8, 4) is 0 Å². The first-order valence-electron chi connectivity index (χ1n) is 7.79. The van der Waals surface area contributed by atoms with E-state index in [0.717, 1.165) is 0 Å². The molecule has 0 aliphatic heterocycles. The molecule has 23 heavy (non-hydrogen) atoms. The highest BCUT2D eigenvalue weighted by Gasteiger charge is 2.04. The molecular formula is C15H32N2O6. The summed E-state index contributed by atoms with van der Waals surface area (Å²) in [5.41, 5.74) is 0. The van der Waals surface area contributed by atoms with E-state index < -0.39 is 0 Å². The van der Waals surface area contributed by atoms with Crippen molar-refractivity contribution in [1.82, 2.24) is 10.6 Å². The fourth-order valence-electron chi connectivity index (χ4n) is 1.45. The number of carbonyl (C=O) groups excluding carboxylic acids is 3. The highest BCUT2D eigenvalue weighted by atomic mass is 16.5. The van der Waals surface area contributed by atoms with Gasteiger partial charge in [-0.1, -0.05) is 6.92 Å². The second-order valence-corrected chi connectivity index (χ2v) is 4.75. The summed E-state index contributed by atoms with van der Waals surface area (Å²) in [5.74, 6) is -0.297. The number of methoxy groups -OCH3 is 1. The van der Waals surface area contributed by atoms with Gasteiger partial charge in [0.1, 0.15) is 6.61 Å². The van der Waals surface area contributed by atoms with Crippen LogP contribution in [0.3, 0.4) is 0 Å². The second kappa shape index (κ2) is 15.4. The highest BCUT2D eigenvalue weighted by molar-refractivity contribution is 5.79. The van der Waals surface area contributed by atoms with Gasteiger partial charge < -0.3 is 24.8 Å². The summed E-state index contributed by atoms with van der Waals surface area (Å²) in [4.78, 5) is 33.9. The van der Waals surface area contributed by atoms with Crippen molar-refractivity contribution in [2.24, 2.45) is 0 Å². The highest BCUT2D eigenvalue weighted by Crippen LogP contribution is 1.86. The number of Topliss-reactive ketones (excluding diaryl/α,β-unsaturated/α-hetero) is 1. The fourth-order valence-corrected chi connectivity index (χ4v) is 1.45. The van der Waals surface area contributed by atoms with Crippen LogP contribution >= 0.6 is 0 Å². The molecule has 0 radical (unpaired) electrons. The molecule has 0 aromatic heterocycles. The van der Waals surface area contributed by atoms with Crippen molar-refractivity contribution in [3.63, 3.8) is 0 Å². The van der Waals surface area contributed by atoms with Crippen molar-refractivity contribution < 1.29 is 31.4 Å². The molecule has 0 heterocycles. The van der Waals surface area contributed by atoms with E-state index in [4.69, 9.17) is 14.2 Å². The number of hydrogen-bond donors (Lipinski definition) is 2. The Balaban J connectivity index is -0.00000242. The van der Waals surface area contributed by atoms with Crippen LogP contribution in [0, 0.1) is 0 Å². The van der Waals surface area contributed by atoms with Gasteiger partial charge in [0, 0.05) is 42.3 Å². The summed E-state index contributed by atoms with van der Waals surface area (Å²) >= 11 is 0. The summed E-state index contributed by atoms with van der Waals surface area (Å²) in [7, 11) is 1.58. The summed E-state index contributed by atoms with van der Waals surface area (Å²) in [5, 5.41) is 5.29. The second-order valence-electron chi connectivity index (χ2n) is 4.75. The van der Waals surface area contributed by atoms with Crippen LogP contribution in [0.25, 0.3) is 0 Å². The Morgan fingerprint density at radius 1 is 0.870 bits per heavy atom. The van der Waals surface area contributed by atoms with Gasteiger partial charge in [0.05, 0.1) is 26.4 Å². The maximum atomic E-state index is 11.5. The molecule has 0 aromatic rings. The first-order chi connectivity index (χ1) is 11.1. The largest absolute Gasteiger partial charge is 0.382 e. The number of amides is 2. The van der Waals surface area contributed by atoms with Crippen LogP contribution in [0.2, 0.25) is 0 Å². The van der Waals surface area contributed by atoms with Crippen LogP contribution in [0.4, 0.5) is 0 Å². The van der Waals surface area contributed by atoms with Gasteiger partial charge in [-0.3, -0.25) is 14.4 Å². The third-order valence-corrected chi connectivity index (χ3v) is 2.81. The zero-order valence-electron chi connectivity index (χ0n) is 14.0. The van der Waals surface area contributed by atoms with E-state index in [9.17, 15) is 14.4 Å². The smallest absolute Gasteiger partial charge is 0.222 e. The lowest BCUT2D eigenvalue weighted by Gasteiger charge is -2.07. The van der Waals surface area contributed by atoms with E-state index in [2.05, 4.69) is 10.6 Å². The lowest BCUT2D eigenvalue weighted by molar-refractivity contribution is -0.123. The lowest BCUT2D eigenvalue weighted by Crippen LogP contribution is -2.32. The molecule has 0 fully saturated rings. The maximum absolute atomic E-state index is 11.5. The van der Waals surface area contributed by atoms with E-state index >= 15 is 0 Å². The minimum absolute atomic E-state index is 0. The molecular weight excluding hydrogens is 304 g/mol. The normalized spacial score (nSPS) is 10.3. The number of rotatable bonds is 15. The fraction of sp³-hybridized carbons (Fsp3) is 0.800. The first-order valence-corrected chi connectivity index (χ1v) is 7.79. The molecule has 8 heteroatoms. The molecule has 0 aliphatic rings. The third kappa shape index (κ3) is 15.2. The van der Waals surface area contributed by atoms with Crippen LogP contribution in [0.5, 0.6) is 0 Å². The standard InChI is InChI=1S/C15H28N2O6.2H2/c1-3-13(18)12-23-9-7-17-14(19)4-6-16-15(20)5-8-22-11-10-21-2;;/h3-12H2,1-2H3,(H,16,20)(H,17,19);2*1H. The lowest BCUT2D eigenvalue weighted by atomic mass is 10.3. The Labute approximate surface area is 140 Å². The van der Waals surface area contributed by atoms with Gasteiger partial charge in [0.25, 0.3) is 0 Å². The van der Waals surface area contributed by atoms with Gasteiger partial charge in [-0.05, 0) is 0 Å². The van der Waals surface area contributed by atoms with Gasteiger partial charge >= 0.3 is 0 Å². The van der Waals surface area contributed by atoms with Gasteiger partial charge in [-0.2, -0.15) is 0 Å². The average Bonchev–Trinajstić information content (AvgIpc) is 2.54. The number of ketones is 1. The number of ether oxygens (including phenoxy) is 3. The van der Waals surface area contributed by atoms with Crippen LogP contribution in [-0.2, 0) is 28.6 Å². The first kappa shape index (κ1) is 21.5. The zero-order chi connectivity index (χ0) is 17.3. The summed E-state index contributed by atoms with van der Waals surface area (Å²) < 4.78 is 15.1. The van der Waals surface area contributed by atoms with E-state index in [1.54, 1.807) is 14.0 Å². The zero-order valence-corrected chi connectivity index (χ0v) is 14.0. The molecule has 0 aromatic carbocycles. The molecule has 0 atom stereocenters. The van der Waals surface area contributed by atoms with Crippen molar-refractivity contribution in [1.29, 1.82) is 0 Å². The molecule has 2 N–H and O–H groups in total. The molecule has 2 amide bonds. The van der Waals surface area contributed by atoms with Crippen LogP contribution in [0.15, 0.2) is 0 Å². The molecule has 0 unspecified atom stereocenters. The molecule has 138 valence electrons. The summed E-state index contributed by atoms with van der Waals surface area (Å²) in [6.07, 6.45) is 0.901. The quantitative estimate of drug-likeness (QED) is 0.413. The molecule has 0 saturated heterocycles. The number of nitrogens with one attached hydrogen (secondary N) is 2. The van der Waals surface area contributed by atoms with Gasteiger partial charge in [-0.25, -0.2) is 0 Å². The van der Waals surface area contributed by atoms with E-state index in [1.165, 1.54) is 0 Å². The number of carbonyl (C=O) groups is 3. The Morgan fingerprint density at radius 2 is 1.57 bits per heavy atom. The Kier molecular flexibility index (Phi) is 14.4. The van der Waals surface area contributed by atoms with Crippen molar-refractivity contribution >= 4 is 17.6 Å². The van der Waals surface area contributed by atoms with E-state index in [-0.39, 0.29) is 46.4 Å². The Hall–Kier alpha value is -1.51. The number of hydrogen-bond acceptors (Lipinski definition) is 6. The average molecular weight is 336 g/mol. The van der Waals surface area contributed by atoms with Crippen LogP contribution in [-0.4, -0.2) is 70.8 Å². The predicted octanol–water partition coefficient (Wildman–Crippen LogP) is 0.150. The van der Waals surface area contributed by atoms with Gasteiger partial charge in [0.2, 0.25) is 11.8 Å². The molecule has 0 spiro atoms. The maximum Gasteiger partial charge on any atom is 0.222 e. The predicted molar refractivity (Wildman–Crippen MR) is 88.3 cm³/mol. The van der Waals surface area contributed by atoms with Crippen LogP contribution in [0.1, 0.15) is 29.0 Å². The SMILES string of the molecule is CCC(=O)COCCNC(=O)CCNC(=O)CCOCCOC.[HH].[HH]. The van der Waals surface area contributed by atoms with Crippen molar-refractivity contribution in [2.75, 3.05) is 53.2 Å². The Morgan fingerprint density at radius 3 is 2.26 bits per heavy atom.